The highest BCUT2D eigenvalue weighted by molar-refractivity contribution is 7.22. The van der Waals surface area contributed by atoms with Crippen LogP contribution in [0.4, 0.5) is 9.93 Å². The summed E-state index contributed by atoms with van der Waals surface area (Å²) in [6.07, 6.45) is 5.42. The normalized spacial score (nSPS) is 14.1. The molecule has 1 aliphatic carbocycles. The first-order chi connectivity index (χ1) is 16.3. The molecule has 0 aliphatic heterocycles. The van der Waals surface area contributed by atoms with Crippen molar-refractivity contribution in [3.05, 3.63) is 96.1 Å². The zero-order chi connectivity index (χ0) is 22.5. The molecule has 33 heavy (non-hydrogen) atoms. The van der Waals surface area contributed by atoms with Crippen molar-refractivity contribution in [2.24, 2.45) is 0 Å². The Morgan fingerprint density at radius 3 is 2.15 bits per heavy atom. The first-order valence-electron chi connectivity index (χ1n) is 11.8. The smallest absolute Gasteiger partial charge is 0.321 e. The fraction of sp³-hybridized carbons (Fsp3) is 0.286. The van der Waals surface area contributed by atoms with Crippen LogP contribution in [0.5, 0.6) is 0 Å². The molecule has 0 saturated heterocycles. The number of aromatic nitrogens is 1. The largest absolute Gasteiger partial charge is 0.323 e. The first kappa shape index (κ1) is 21.7. The molecule has 0 bridgehead atoms. The minimum Gasteiger partial charge on any atom is -0.321 e. The number of fused-ring (bicyclic) bond motifs is 1. The van der Waals surface area contributed by atoms with E-state index < -0.39 is 0 Å². The molecule has 4 aromatic rings. The van der Waals surface area contributed by atoms with Crippen LogP contribution in [0.2, 0.25) is 0 Å². The first-order valence-corrected chi connectivity index (χ1v) is 12.6. The molecule has 2 amide bonds. The van der Waals surface area contributed by atoms with Gasteiger partial charge in [0.2, 0.25) is 0 Å². The van der Waals surface area contributed by atoms with E-state index in [0.717, 1.165) is 36.0 Å². The van der Waals surface area contributed by atoms with Crippen molar-refractivity contribution in [2.75, 3.05) is 11.9 Å². The van der Waals surface area contributed by atoms with Crippen LogP contribution in [-0.4, -0.2) is 28.5 Å². The molecule has 0 unspecified atom stereocenters. The Labute approximate surface area is 199 Å². The second-order valence-corrected chi connectivity index (χ2v) is 9.74. The third-order valence-corrected chi connectivity index (χ3v) is 7.55. The van der Waals surface area contributed by atoms with Crippen LogP contribution in [0.3, 0.4) is 0 Å². The van der Waals surface area contributed by atoms with Gasteiger partial charge in [-0.05, 0) is 42.5 Å². The van der Waals surface area contributed by atoms with Gasteiger partial charge in [0.05, 0.1) is 10.2 Å². The van der Waals surface area contributed by atoms with E-state index in [1.807, 2.05) is 24.3 Å². The van der Waals surface area contributed by atoms with E-state index in [1.165, 1.54) is 35.3 Å². The number of anilines is 1. The summed E-state index contributed by atoms with van der Waals surface area (Å²) in [5.74, 6) is 0.256. The van der Waals surface area contributed by atoms with Crippen molar-refractivity contribution in [1.82, 2.24) is 9.88 Å². The van der Waals surface area contributed by atoms with Gasteiger partial charge in [-0.1, -0.05) is 97.0 Å². The SMILES string of the molecule is O=C(Nc1nc2ccccc2s1)N(CCC(c1ccccc1)c1ccccc1)C1CCCC1. The highest BCUT2D eigenvalue weighted by Gasteiger charge is 2.28. The topological polar surface area (TPSA) is 45.2 Å². The summed E-state index contributed by atoms with van der Waals surface area (Å²) in [5.41, 5.74) is 3.52. The lowest BCUT2D eigenvalue weighted by Gasteiger charge is -2.30. The van der Waals surface area contributed by atoms with E-state index in [9.17, 15) is 4.79 Å². The van der Waals surface area contributed by atoms with Crippen LogP contribution in [-0.2, 0) is 0 Å². The highest BCUT2D eigenvalue weighted by Crippen LogP contribution is 2.31. The number of carbonyl (C=O) groups excluding carboxylic acids is 1. The molecule has 5 rings (SSSR count). The molecule has 4 nitrogen and oxygen atoms in total. The Balaban J connectivity index is 1.36. The number of carbonyl (C=O) groups is 1. The lowest BCUT2D eigenvalue weighted by molar-refractivity contribution is 0.186. The number of rotatable bonds is 7. The number of benzene rings is 3. The van der Waals surface area contributed by atoms with Crippen molar-refractivity contribution in [3.63, 3.8) is 0 Å². The maximum Gasteiger partial charge on any atom is 0.323 e. The van der Waals surface area contributed by atoms with Crippen LogP contribution in [0.1, 0.15) is 49.1 Å². The van der Waals surface area contributed by atoms with E-state index in [4.69, 9.17) is 0 Å². The number of urea groups is 1. The summed E-state index contributed by atoms with van der Waals surface area (Å²) < 4.78 is 1.09. The molecule has 0 spiro atoms. The molecular weight excluding hydrogens is 426 g/mol. The average Bonchev–Trinajstić information content (AvgIpc) is 3.52. The zero-order valence-electron chi connectivity index (χ0n) is 18.7. The minimum atomic E-state index is -0.0270. The van der Waals surface area contributed by atoms with Gasteiger partial charge in [-0.3, -0.25) is 5.32 Å². The quantitative estimate of drug-likeness (QED) is 0.318. The van der Waals surface area contributed by atoms with Crippen LogP contribution < -0.4 is 5.32 Å². The van der Waals surface area contributed by atoms with E-state index in [2.05, 4.69) is 75.9 Å². The van der Waals surface area contributed by atoms with Crippen molar-refractivity contribution >= 4 is 32.7 Å². The fourth-order valence-corrected chi connectivity index (χ4v) is 5.77. The van der Waals surface area contributed by atoms with Crippen LogP contribution in [0.15, 0.2) is 84.9 Å². The Morgan fingerprint density at radius 2 is 1.52 bits per heavy atom. The highest BCUT2D eigenvalue weighted by atomic mass is 32.1. The van der Waals surface area contributed by atoms with E-state index >= 15 is 0 Å². The van der Waals surface area contributed by atoms with E-state index in [1.54, 1.807) is 0 Å². The fourth-order valence-electron chi connectivity index (χ4n) is 4.92. The predicted molar refractivity (Wildman–Crippen MR) is 137 cm³/mol. The molecule has 1 fully saturated rings. The number of para-hydroxylation sites is 1. The van der Waals surface area contributed by atoms with E-state index in [-0.39, 0.29) is 11.9 Å². The van der Waals surface area contributed by atoms with Crippen LogP contribution >= 0.6 is 11.3 Å². The Morgan fingerprint density at radius 1 is 0.909 bits per heavy atom. The van der Waals surface area contributed by atoms with Crippen LogP contribution in [0.25, 0.3) is 10.2 Å². The third kappa shape index (κ3) is 5.09. The summed E-state index contributed by atoms with van der Waals surface area (Å²) in [6, 6.07) is 29.6. The number of amides is 2. The number of nitrogens with zero attached hydrogens (tertiary/aromatic N) is 2. The molecule has 168 valence electrons. The van der Waals surface area contributed by atoms with Crippen molar-refractivity contribution in [2.45, 2.75) is 44.1 Å². The molecule has 1 saturated carbocycles. The number of hydrogen-bond donors (Lipinski definition) is 1. The summed E-state index contributed by atoms with van der Waals surface area (Å²) in [4.78, 5) is 20.1. The third-order valence-electron chi connectivity index (χ3n) is 6.60. The number of thiazole rings is 1. The molecule has 1 aromatic heterocycles. The van der Waals surface area contributed by atoms with Crippen molar-refractivity contribution in [1.29, 1.82) is 0 Å². The lowest BCUT2D eigenvalue weighted by atomic mass is 9.88. The van der Waals surface area contributed by atoms with E-state index in [0.29, 0.717) is 11.2 Å². The monoisotopic (exact) mass is 455 g/mol. The van der Waals surface area contributed by atoms with Gasteiger partial charge in [-0.15, -0.1) is 0 Å². The maximum atomic E-state index is 13.4. The second kappa shape index (κ2) is 10.2. The molecule has 5 heteroatoms. The molecule has 0 radical (unpaired) electrons. The van der Waals surface area contributed by atoms with Gasteiger partial charge in [-0.2, -0.15) is 0 Å². The number of nitrogens with one attached hydrogen (secondary N) is 1. The van der Waals surface area contributed by atoms with Gasteiger partial charge in [0.25, 0.3) is 0 Å². The molecule has 1 N–H and O–H groups in total. The Bertz CT molecular complexity index is 1110. The zero-order valence-corrected chi connectivity index (χ0v) is 19.5. The van der Waals surface area contributed by atoms with Gasteiger partial charge in [-0.25, -0.2) is 9.78 Å². The molecular formula is C28H29N3OS. The summed E-state index contributed by atoms with van der Waals surface area (Å²) in [6.45, 7) is 0.718. The summed E-state index contributed by atoms with van der Waals surface area (Å²) in [5, 5.41) is 3.78. The Kier molecular flexibility index (Phi) is 6.68. The Hall–Kier alpha value is -3.18. The lowest BCUT2D eigenvalue weighted by Crippen LogP contribution is -2.42. The molecule has 1 heterocycles. The van der Waals surface area contributed by atoms with Gasteiger partial charge >= 0.3 is 6.03 Å². The van der Waals surface area contributed by atoms with Crippen molar-refractivity contribution < 1.29 is 4.79 Å². The molecule has 3 aromatic carbocycles. The maximum absolute atomic E-state index is 13.4. The van der Waals surface area contributed by atoms with Crippen LogP contribution in [0, 0.1) is 0 Å². The predicted octanol–water partition coefficient (Wildman–Crippen LogP) is 7.30. The molecule has 1 aliphatic rings. The van der Waals surface area contributed by atoms with Gasteiger partial charge in [0.15, 0.2) is 5.13 Å². The second-order valence-electron chi connectivity index (χ2n) is 8.71. The summed E-state index contributed by atoms with van der Waals surface area (Å²) >= 11 is 1.53. The molecule has 0 atom stereocenters. The van der Waals surface area contributed by atoms with Gasteiger partial charge in [0.1, 0.15) is 0 Å². The van der Waals surface area contributed by atoms with Gasteiger partial charge in [0, 0.05) is 18.5 Å². The number of hydrogen-bond acceptors (Lipinski definition) is 3. The average molecular weight is 456 g/mol. The van der Waals surface area contributed by atoms with Gasteiger partial charge < -0.3 is 4.90 Å². The summed E-state index contributed by atoms with van der Waals surface area (Å²) in [7, 11) is 0. The van der Waals surface area contributed by atoms with Crippen molar-refractivity contribution in [3.8, 4) is 0 Å². The minimum absolute atomic E-state index is 0.0270. The standard InChI is InChI=1S/C28H29N3OS/c32-28(30-27-29-25-17-9-10-18-26(25)33-27)31(23-15-7-8-16-23)20-19-24(21-11-3-1-4-12-21)22-13-5-2-6-14-22/h1-6,9-14,17-18,23-24H,7-8,15-16,19-20H2,(H,29,30,32).